The van der Waals surface area contributed by atoms with E-state index in [9.17, 15) is 18.0 Å². The molecule has 8 heteroatoms. The summed E-state index contributed by atoms with van der Waals surface area (Å²) in [5, 5.41) is 5.60. The lowest BCUT2D eigenvalue weighted by Gasteiger charge is -2.15. The molecule has 2 aromatic carbocycles. The van der Waals surface area contributed by atoms with Crippen molar-refractivity contribution in [2.24, 2.45) is 0 Å². The second-order valence-corrected chi connectivity index (χ2v) is 8.62. The topological polar surface area (TPSA) is 92.3 Å². The van der Waals surface area contributed by atoms with Crippen LogP contribution in [0.2, 0.25) is 5.02 Å². The van der Waals surface area contributed by atoms with Gasteiger partial charge in [-0.25, -0.2) is 8.42 Å². The predicted octanol–water partition coefficient (Wildman–Crippen LogP) is 3.52. The fraction of sp³-hybridized carbons (Fsp3) is 0.263. The summed E-state index contributed by atoms with van der Waals surface area (Å²) in [4.78, 5) is 25.1. The number of carbonyl (C=O) groups excluding carboxylic acids is 2. The van der Waals surface area contributed by atoms with Crippen molar-refractivity contribution in [1.29, 1.82) is 0 Å². The Morgan fingerprint density at radius 2 is 1.74 bits per heavy atom. The zero-order valence-electron chi connectivity index (χ0n) is 15.2. The largest absolute Gasteiger partial charge is 0.350 e. The highest BCUT2D eigenvalue weighted by molar-refractivity contribution is 7.90. The molecule has 2 aromatic rings. The molecule has 0 saturated carbocycles. The van der Waals surface area contributed by atoms with Gasteiger partial charge in [0.05, 0.1) is 26.7 Å². The average Bonchev–Trinajstić information content (AvgIpc) is 2.61. The zero-order chi connectivity index (χ0) is 20.2. The molecule has 2 amide bonds. The molecule has 2 N–H and O–H groups in total. The summed E-state index contributed by atoms with van der Waals surface area (Å²) in [6.07, 6.45) is 1.82. The lowest BCUT2D eigenvalue weighted by molar-refractivity contribution is 0.0940. The van der Waals surface area contributed by atoms with E-state index in [1.54, 1.807) is 24.3 Å². The number of nitrogens with one attached hydrogen (secondary N) is 2. The van der Waals surface area contributed by atoms with E-state index in [0.717, 1.165) is 12.7 Å². The number of halogens is 1. The molecule has 0 aliphatic heterocycles. The van der Waals surface area contributed by atoms with E-state index in [1.807, 2.05) is 13.8 Å². The van der Waals surface area contributed by atoms with Crippen LogP contribution in [0.25, 0.3) is 0 Å². The monoisotopic (exact) mass is 408 g/mol. The summed E-state index contributed by atoms with van der Waals surface area (Å²) < 4.78 is 23.4. The van der Waals surface area contributed by atoms with Gasteiger partial charge in [-0.3, -0.25) is 9.59 Å². The van der Waals surface area contributed by atoms with Crippen LogP contribution in [-0.4, -0.2) is 32.5 Å². The van der Waals surface area contributed by atoms with E-state index in [0.29, 0.717) is 11.3 Å². The average molecular weight is 409 g/mol. The van der Waals surface area contributed by atoms with Crippen molar-refractivity contribution in [3.05, 3.63) is 58.6 Å². The maximum atomic E-state index is 12.6. The van der Waals surface area contributed by atoms with Crippen LogP contribution in [0, 0.1) is 0 Å². The Balaban J connectivity index is 2.33. The number of hydrogen-bond acceptors (Lipinski definition) is 4. The minimum Gasteiger partial charge on any atom is -0.350 e. The van der Waals surface area contributed by atoms with Gasteiger partial charge in [-0.15, -0.1) is 0 Å². The van der Waals surface area contributed by atoms with Crippen molar-refractivity contribution >= 4 is 38.9 Å². The molecule has 0 bridgehead atoms. The van der Waals surface area contributed by atoms with Gasteiger partial charge in [-0.05, 0) is 43.7 Å². The van der Waals surface area contributed by atoms with Gasteiger partial charge in [0.2, 0.25) is 0 Å². The number of sulfone groups is 1. The smallest absolute Gasteiger partial charge is 0.257 e. The highest BCUT2D eigenvalue weighted by Gasteiger charge is 2.18. The van der Waals surface area contributed by atoms with Gasteiger partial charge in [0, 0.05) is 12.3 Å². The molecule has 1 atom stereocenters. The molecule has 0 saturated heterocycles. The quantitative estimate of drug-likeness (QED) is 0.764. The molecule has 0 heterocycles. The summed E-state index contributed by atoms with van der Waals surface area (Å²) >= 11 is 6.06. The van der Waals surface area contributed by atoms with Crippen LogP contribution in [0.15, 0.2) is 47.4 Å². The summed E-state index contributed by atoms with van der Waals surface area (Å²) in [5.41, 5.74) is 0.627. The summed E-state index contributed by atoms with van der Waals surface area (Å²) in [5.74, 6) is -0.912. The number of amides is 2. The second-order valence-electron chi connectivity index (χ2n) is 6.20. The van der Waals surface area contributed by atoms with Gasteiger partial charge in [-0.1, -0.05) is 30.7 Å². The van der Waals surface area contributed by atoms with Crippen molar-refractivity contribution in [3.63, 3.8) is 0 Å². The normalized spacial score (nSPS) is 12.3. The Labute approximate surface area is 163 Å². The van der Waals surface area contributed by atoms with Gasteiger partial charge < -0.3 is 10.6 Å². The number of hydrogen-bond donors (Lipinski definition) is 2. The third-order valence-corrected chi connectivity index (χ3v) is 5.46. The van der Waals surface area contributed by atoms with Gasteiger partial charge in [0.25, 0.3) is 11.8 Å². The number of carbonyl (C=O) groups is 2. The van der Waals surface area contributed by atoms with Crippen LogP contribution in [0.3, 0.4) is 0 Å². The zero-order valence-corrected chi connectivity index (χ0v) is 16.8. The van der Waals surface area contributed by atoms with Crippen LogP contribution >= 0.6 is 11.6 Å². The molecular weight excluding hydrogens is 388 g/mol. The van der Waals surface area contributed by atoms with E-state index < -0.39 is 15.7 Å². The van der Waals surface area contributed by atoms with Gasteiger partial charge in [-0.2, -0.15) is 0 Å². The lowest BCUT2D eigenvalue weighted by Crippen LogP contribution is -2.32. The Morgan fingerprint density at radius 3 is 2.37 bits per heavy atom. The van der Waals surface area contributed by atoms with Crippen LogP contribution in [0.1, 0.15) is 41.0 Å². The number of para-hydroxylation sites is 1. The SMILES string of the molecule is CCC(C)NC(=O)c1ccccc1NC(=O)c1cc(S(C)(=O)=O)ccc1Cl. The van der Waals surface area contributed by atoms with Crippen LogP contribution in [-0.2, 0) is 9.84 Å². The number of anilines is 1. The third-order valence-electron chi connectivity index (χ3n) is 4.02. The van der Waals surface area contributed by atoms with E-state index in [1.165, 1.54) is 18.2 Å². The minimum atomic E-state index is -3.49. The number of benzene rings is 2. The molecule has 0 aliphatic carbocycles. The van der Waals surface area contributed by atoms with E-state index >= 15 is 0 Å². The maximum absolute atomic E-state index is 12.6. The predicted molar refractivity (Wildman–Crippen MR) is 106 cm³/mol. The van der Waals surface area contributed by atoms with Gasteiger partial charge in [0.1, 0.15) is 0 Å². The summed E-state index contributed by atoms with van der Waals surface area (Å²) in [6.45, 7) is 3.84. The second kappa shape index (κ2) is 8.54. The van der Waals surface area contributed by atoms with Crippen molar-refractivity contribution in [1.82, 2.24) is 5.32 Å². The molecule has 6 nitrogen and oxygen atoms in total. The molecule has 1 unspecified atom stereocenters. The van der Waals surface area contributed by atoms with Crippen LogP contribution in [0.4, 0.5) is 5.69 Å². The summed E-state index contributed by atoms with van der Waals surface area (Å²) in [6, 6.07) is 10.5. The fourth-order valence-electron chi connectivity index (χ4n) is 2.29. The van der Waals surface area contributed by atoms with Crippen LogP contribution in [0.5, 0.6) is 0 Å². The Kier molecular flexibility index (Phi) is 6.62. The van der Waals surface area contributed by atoms with E-state index in [2.05, 4.69) is 10.6 Å². The van der Waals surface area contributed by atoms with Crippen molar-refractivity contribution in [2.45, 2.75) is 31.2 Å². The molecule has 0 radical (unpaired) electrons. The third kappa shape index (κ3) is 5.30. The fourth-order valence-corrected chi connectivity index (χ4v) is 3.14. The summed E-state index contributed by atoms with van der Waals surface area (Å²) in [7, 11) is -3.49. The van der Waals surface area contributed by atoms with Crippen molar-refractivity contribution in [3.8, 4) is 0 Å². The highest BCUT2D eigenvalue weighted by atomic mass is 35.5. The Hall–Kier alpha value is -2.38. The first kappa shape index (κ1) is 20.9. The first-order valence-electron chi connectivity index (χ1n) is 8.34. The molecule has 0 fully saturated rings. The van der Waals surface area contributed by atoms with E-state index in [-0.39, 0.29) is 27.4 Å². The standard InChI is InChI=1S/C19H21ClN2O4S/c1-4-12(2)21-18(23)14-7-5-6-8-17(14)22-19(24)15-11-13(27(3,25)26)9-10-16(15)20/h5-12H,4H2,1-3H3,(H,21,23)(H,22,24). The van der Waals surface area contributed by atoms with E-state index in [4.69, 9.17) is 11.6 Å². The molecule has 2 rings (SSSR count). The first-order chi connectivity index (χ1) is 12.6. The minimum absolute atomic E-state index is 0.0109. The number of rotatable bonds is 6. The highest BCUT2D eigenvalue weighted by Crippen LogP contribution is 2.23. The van der Waals surface area contributed by atoms with Gasteiger partial charge in [0.15, 0.2) is 9.84 Å². The molecule has 0 spiro atoms. The van der Waals surface area contributed by atoms with Crippen LogP contribution < -0.4 is 10.6 Å². The molecule has 27 heavy (non-hydrogen) atoms. The molecular formula is C19H21ClN2O4S. The van der Waals surface area contributed by atoms with Crippen molar-refractivity contribution in [2.75, 3.05) is 11.6 Å². The molecule has 0 aliphatic rings. The molecule has 144 valence electrons. The molecule has 0 aromatic heterocycles. The van der Waals surface area contributed by atoms with Crippen molar-refractivity contribution < 1.29 is 18.0 Å². The maximum Gasteiger partial charge on any atom is 0.257 e. The lowest BCUT2D eigenvalue weighted by atomic mass is 10.1. The van der Waals surface area contributed by atoms with Gasteiger partial charge >= 0.3 is 0 Å². The Morgan fingerprint density at radius 1 is 1.07 bits per heavy atom. The first-order valence-corrected chi connectivity index (χ1v) is 10.6. The Bertz CT molecular complexity index is 973.